The summed E-state index contributed by atoms with van der Waals surface area (Å²) in [4.78, 5) is 24.0. The highest BCUT2D eigenvalue weighted by Gasteiger charge is 2.30. The maximum atomic E-state index is 12.0. The predicted molar refractivity (Wildman–Crippen MR) is 99.7 cm³/mol. The molecule has 136 valence electrons. The lowest BCUT2D eigenvalue weighted by molar-refractivity contribution is -0.119. The van der Waals surface area contributed by atoms with Gasteiger partial charge in [0.1, 0.15) is 17.1 Å². The van der Waals surface area contributed by atoms with Crippen LogP contribution in [-0.2, 0) is 9.59 Å². The van der Waals surface area contributed by atoms with Gasteiger partial charge in [-0.25, -0.2) is 0 Å². The van der Waals surface area contributed by atoms with Crippen LogP contribution in [0.15, 0.2) is 42.5 Å². The Kier molecular flexibility index (Phi) is 4.84. The van der Waals surface area contributed by atoms with Gasteiger partial charge >= 0.3 is 0 Å². The molecule has 1 aliphatic heterocycles. The number of benzene rings is 2. The van der Waals surface area contributed by atoms with E-state index in [1.165, 1.54) is 0 Å². The van der Waals surface area contributed by atoms with Gasteiger partial charge in [0.15, 0.2) is 6.61 Å². The fourth-order valence-electron chi connectivity index (χ4n) is 2.82. The number of para-hydroxylation sites is 1. The summed E-state index contributed by atoms with van der Waals surface area (Å²) < 4.78 is 11.6. The van der Waals surface area contributed by atoms with Crippen LogP contribution in [-0.4, -0.2) is 24.0 Å². The number of rotatable bonds is 4. The second kappa shape index (κ2) is 7.07. The molecule has 26 heavy (non-hydrogen) atoms. The fraction of sp³-hybridized carbons (Fsp3) is 0.300. The Hall–Kier alpha value is -3.02. The zero-order chi connectivity index (χ0) is 18.7. The zero-order valence-electron chi connectivity index (χ0n) is 15.1. The molecule has 2 N–H and O–H groups in total. The highest BCUT2D eigenvalue weighted by molar-refractivity contribution is 5.95. The monoisotopic (exact) mass is 354 g/mol. The first-order valence-electron chi connectivity index (χ1n) is 8.44. The molecule has 6 heteroatoms. The number of aryl methyl sites for hydroxylation is 1. The Labute approximate surface area is 152 Å². The SMILES string of the molecule is Cc1cc(OCC(=O)Nc2ccccc2)cc2c1NC(=O)CC(C)(C)O2. The molecule has 0 aromatic heterocycles. The number of nitrogens with one attached hydrogen (secondary N) is 2. The van der Waals surface area contributed by atoms with Crippen LogP contribution in [0.5, 0.6) is 11.5 Å². The van der Waals surface area contributed by atoms with Crippen molar-refractivity contribution in [1.82, 2.24) is 0 Å². The zero-order valence-corrected chi connectivity index (χ0v) is 15.1. The van der Waals surface area contributed by atoms with Crippen molar-refractivity contribution in [2.75, 3.05) is 17.2 Å². The molecule has 0 radical (unpaired) electrons. The van der Waals surface area contributed by atoms with Crippen molar-refractivity contribution in [2.24, 2.45) is 0 Å². The standard InChI is InChI=1S/C20H22N2O4/c1-13-9-15(25-12-18(24)21-14-7-5-4-6-8-14)10-16-19(13)22-17(23)11-20(2,3)26-16/h4-10H,11-12H2,1-3H3,(H,21,24)(H,22,23). The van der Waals surface area contributed by atoms with E-state index in [0.29, 0.717) is 22.9 Å². The Morgan fingerprint density at radius 3 is 2.73 bits per heavy atom. The Morgan fingerprint density at radius 1 is 1.27 bits per heavy atom. The van der Waals surface area contributed by atoms with Crippen molar-refractivity contribution in [3.05, 3.63) is 48.0 Å². The quantitative estimate of drug-likeness (QED) is 0.881. The van der Waals surface area contributed by atoms with Gasteiger partial charge in [0, 0.05) is 11.8 Å². The maximum Gasteiger partial charge on any atom is 0.262 e. The van der Waals surface area contributed by atoms with Crippen LogP contribution in [0.3, 0.4) is 0 Å². The van der Waals surface area contributed by atoms with Gasteiger partial charge in [-0.2, -0.15) is 0 Å². The topological polar surface area (TPSA) is 76.7 Å². The van der Waals surface area contributed by atoms with Gasteiger partial charge in [-0.3, -0.25) is 9.59 Å². The van der Waals surface area contributed by atoms with Crippen LogP contribution in [0.4, 0.5) is 11.4 Å². The third-order valence-electron chi connectivity index (χ3n) is 3.94. The van der Waals surface area contributed by atoms with E-state index in [2.05, 4.69) is 10.6 Å². The maximum absolute atomic E-state index is 12.0. The number of carbonyl (C=O) groups excluding carboxylic acids is 2. The lowest BCUT2D eigenvalue weighted by Gasteiger charge is -2.23. The Morgan fingerprint density at radius 2 is 2.00 bits per heavy atom. The summed E-state index contributed by atoms with van der Waals surface area (Å²) in [7, 11) is 0. The van der Waals surface area contributed by atoms with Crippen molar-refractivity contribution >= 4 is 23.2 Å². The molecule has 0 saturated heterocycles. The van der Waals surface area contributed by atoms with Crippen LogP contribution >= 0.6 is 0 Å². The van der Waals surface area contributed by atoms with Crippen molar-refractivity contribution in [3.8, 4) is 11.5 Å². The first kappa shape index (κ1) is 17.8. The number of ether oxygens (including phenoxy) is 2. The molecule has 2 amide bonds. The lowest BCUT2D eigenvalue weighted by atomic mass is 10.1. The van der Waals surface area contributed by atoms with Gasteiger partial charge in [0.2, 0.25) is 5.91 Å². The molecule has 0 aliphatic carbocycles. The largest absolute Gasteiger partial charge is 0.485 e. The number of fused-ring (bicyclic) bond motifs is 1. The summed E-state index contributed by atoms with van der Waals surface area (Å²) in [5.74, 6) is 0.710. The number of amides is 2. The molecule has 6 nitrogen and oxygen atoms in total. The van der Waals surface area contributed by atoms with Gasteiger partial charge in [0.25, 0.3) is 5.91 Å². The van der Waals surface area contributed by atoms with Gasteiger partial charge in [-0.05, 0) is 44.5 Å². The Bertz CT molecular complexity index is 831. The summed E-state index contributed by atoms with van der Waals surface area (Å²) in [5, 5.41) is 5.64. The lowest BCUT2D eigenvalue weighted by Crippen LogP contribution is -2.30. The summed E-state index contributed by atoms with van der Waals surface area (Å²) in [6, 6.07) is 12.7. The molecular weight excluding hydrogens is 332 g/mol. The van der Waals surface area contributed by atoms with Crippen LogP contribution in [0.1, 0.15) is 25.8 Å². The van der Waals surface area contributed by atoms with E-state index in [-0.39, 0.29) is 24.8 Å². The van der Waals surface area contributed by atoms with E-state index in [4.69, 9.17) is 9.47 Å². The molecule has 2 aromatic rings. The third-order valence-corrected chi connectivity index (χ3v) is 3.94. The minimum absolute atomic E-state index is 0.0900. The average Bonchev–Trinajstić information content (AvgIpc) is 2.68. The van der Waals surface area contributed by atoms with E-state index in [9.17, 15) is 9.59 Å². The molecular formula is C20H22N2O4. The van der Waals surface area contributed by atoms with Gasteiger partial charge in [-0.15, -0.1) is 0 Å². The van der Waals surface area contributed by atoms with Crippen LogP contribution in [0.2, 0.25) is 0 Å². The average molecular weight is 354 g/mol. The number of hydrogen-bond acceptors (Lipinski definition) is 4. The number of carbonyl (C=O) groups is 2. The summed E-state index contributed by atoms with van der Waals surface area (Å²) >= 11 is 0. The second-order valence-corrected chi connectivity index (χ2v) is 6.90. The summed E-state index contributed by atoms with van der Waals surface area (Å²) in [5.41, 5.74) is 1.55. The summed E-state index contributed by atoms with van der Waals surface area (Å²) in [6.07, 6.45) is 0.261. The highest BCUT2D eigenvalue weighted by Crippen LogP contribution is 2.38. The smallest absolute Gasteiger partial charge is 0.262 e. The van der Waals surface area contributed by atoms with Crippen molar-refractivity contribution < 1.29 is 19.1 Å². The molecule has 2 aromatic carbocycles. The van der Waals surface area contributed by atoms with Crippen LogP contribution < -0.4 is 20.1 Å². The third kappa shape index (κ3) is 4.33. The van der Waals surface area contributed by atoms with E-state index in [0.717, 1.165) is 5.56 Å². The van der Waals surface area contributed by atoms with Gasteiger partial charge in [0.05, 0.1) is 12.1 Å². The first-order valence-corrected chi connectivity index (χ1v) is 8.44. The van der Waals surface area contributed by atoms with Gasteiger partial charge < -0.3 is 20.1 Å². The molecule has 3 rings (SSSR count). The minimum Gasteiger partial charge on any atom is -0.485 e. The number of anilines is 2. The van der Waals surface area contributed by atoms with E-state index in [1.807, 2.05) is 51.1 Å². The van der Waals surface area contributed by atoms with Gasteiger partial charge in [-0.1, -0.05) is 18.2 Å². The van der Waals surface area contributed by atoms with Crippen molar-refractivity contribution in [3.63, 3.8) is 0 Å². The summed E-state index contributed by atoms with van der Waals surface area (Å²) in [6.45, 7) is 5.45. The predicted octanol–water partition coefficient (Wildman–Crippen LogP) is 3.51. The van der Waals surface area contributed by atoms with E-state index < -0.39 is 5.60 Å². The van der Waals surface area contributed by atoms with Crippen molar-refractivity contribution in [1.29, 1.82) is 0 Å². The second-order valence-electron chi connectivity index (χ2n) is 6.90. The normalized spacial score (nSPS) is 15.1. The minimum atomic E-state index is -0.620. The van der Waals surface area contributed by atoms with E-state index in [1.54, 1.807) is 12.1 Å². The van der Waals surface area contributed by atoms with Crippen molar-refractivity contribution in [2.45, 2.75) is 32.8 Å². The Balaban J connectivity index is 1.72. The molecule has 1 heterocycles. The van der Waals surface area contributed by atoms with Crippen LogP contribution in [0, 0.1) is 6.92 Å². The molecule has 1 aliphatic rings. The number of hydrogen-bond donors (Lipinski definition) is 2. The highest BCUT2D eigenvalue weighted by atomic mass is 16.5. The fourth-order valence-corrected chi connectivity index (χ4v) is 2.82. The molecule has 0 unspecified atom stereocenters. The molecule has 0 spiro atoms. The van der Waals surface area contributed by atoms with E-state index >= 15 is 0 Å². The molecule has 0 fully saturated rings. The molecule has 0 atom stereocenters. The molecule has 0 saturated carbocycles. The molecule has 0 bridgehead atoms. The first-order chi connectivity index (χ1) is 12.3. The van der Waals surface area contributed by atoms with Crippen LogP contribution in [0.25, 0.3) is 0 Å².